The number of hydrogen-bond donors (Lipinski definition) is 1. The first-order valence-electron chi connectivity index (χ1n) is 10.4. The average molecular weight is 396 g/mol. The molecule has 0 atom stereocenters. The number of rotatable bonds is 5. The van der Waals surface area contributed by atoms with Crippen molar-refractivity contribution in [2.24, 2.45) is 0 Å². The first-order chi connectivity index (χ1) is 13.8. The number of nitrogens with one attached hydrogen (secondary N) is 1. The Morgan fingerprint density at radius 2 is 1.72 bits per heavy atom. The van der Waals surface area contributed by atoms with Gasteiger partial charge in [-0.05, 0) is 47.2 Å². The Morgan fingerprint density at radius 1 is 1.03 bits per heavy atom. The number of amides is 2. The summed E-state index contributed by atoms with van der Waals surface area (Å²) in [5, 5.41) is 3.03. The second-order valence-electron chi connectivity index (χ2n) is 8.69. The Hall–Kier alpha value is -2.53. The van der Waals surface area contributed by atoms with Crippen molar-refractivity contribution in [2.45, 2.75) is 32.6 Å². The van der Waals surface area contributed by atoms with Gasteiger partial charge in [0, 0.05) is 38.4 Å². The van der Waals surface area contributed by atoms with Crippen LogP contribution in [0.1, 0.15) is 31.9 Å². The molecule has 5 nitrogen and oxygen atoms in total. The fraction of sp³-hybridized carbons (Fsp3) is 0.458. The lowest BCUT2D eigenvalue weighted by atomic mass is 9.87. The van der Waals surface area contributed by atoms with E-state index in [4.69, 9.17) is 4.74 Å². The van der Waals surface area contributed by atoms with Crippen molar-refractivity contribution in [1.82, 2.24) is 9.80 Å². The minimum atomic E-state index is -0.0130. The Labute approximate surface area is 174 Å². The van der Waals surface area contributed by atoms with E-state index in [2.05, 4.69) is 55.3 Å². The molecule has 2 amide bonds. The van der Waals surface area contributed by atoms with Gasteiger partial charge in [0.05, 0.1) is 7.11 Å². The smallest absolute Gasteiger partial charge is 0.321 e. The molecule has 2 aromatic carbocycles. The molecule has 3 rings (SSSR count). The highest BCUT2D eigenvalue weighted by Crippen LogP contribution is 2.23. The highest BCUT2D eigenvalue weighted by atomic mass is 16.5. The van der Waals surface area contributed by atoms with Crippen LogP contribution in [0.3, 0.4) is 0 Å². The summed E-state index contributed by atoms with van der Waals surface area (Å²) >= 11 is 0. The SMILES string of the molecule is COc1cccc(CCN2CCN(C(=O)Nc3ccc(C(C)(C)C)cc3)CC2)c1. The van der Waals surface area contributed by atoms with Crippen LogP contribution in [0.5, 0.6) is 5.75 Å². The topological polar surface area (TPSA) is 44.8 Å². The van der Waals surface area contributed by atoms with Crippen LogP contribution in [0, 0.1) is 0 Å². The molecule has 156 valence electrons. The summed E-state index contributed by atoms with van der Waals surface area (Å²) in [4.78, 5) is 16.9. The van der Waals surface area contributed by atoms with Gasteiger partial charge in [-0.2, -0.15) is 0 Å². The second kappa shape index (κ2) is 9.31. The van der Waals surface area contributed by atoms with Crippen LogP contribution in [0.2, 0.25) is 0 Å². The summed E-state index contributed by atoms with van der Waals surface area (Å²) in [7, 11) is 1.70. The average Bonchev–Trinajstić information content (AvgIpc) is 2.72. The van der Waals surface area contributed by atoms with E-state index in [1.807, 2.05) is 29.2 Å². The summed E-state index contributed by atoms with van der Waals surface area (Å²) in [5.74, 6) is 0.902. The predicted octanol–water partition coefficient (Wildman–Crippen LogP) is 4.38. The number of nitrogens with zero attached hydrogens (tertiary/aromatic N) is 2. The van der Waals surface area contributed by atoms with Crippen molar-refractivity contribution < 1.29 is 9.53 Å². The molecule has 1 aliphatic heterocycles. The third kappa shape index (κ3) is 5.97. The van der Waals surface area contributed by atoms with Gasteiger partial charge in [-0.1, -0.05) is 45.0 Å². The Bertz CT molecular complexity index is 804. The van der Waals surface area contributed by atoms with Crippen LogP contribution in [0.15, 0.2) is 48.5 Å². The van der Waals surface area contributed by atoms with Crippen molar-refractivity contribution in [2.75, 3.05) is 45.2 Å². The Kier molecular flexibility index (Phi) is 6.80. The molecule has 5 heteroatoms. The maximum atomic E-state index is 12.6. The lowest BCUT2D eigenvalue weighted by Gasteiger charge is -2.34. The van der Waals surface area contributed by atoms with Crippen molar-refractivity contribution in [1.29, 1.82) is 0 Å². The molecule has 0 aliphatic carbocycles. The number of carbonyl (C=O) groups excluding carboxylic acids is 1. The first-order valence-corrected chi connectivity index (χ1v) is 10.4. The third-order valence-electron chi connectivity index (χ3n) is 5.51. The van der Waals surface area contributed by atoms with Gasteiger partial charge in [-0.15, -0.1) is 0 Å². The number of hydrogen-bond acceptors (Lipinski definition) is 3. The molecule has 0 aromatic heterocycles. The number of benzene rings is 2. The van der Waals surface area contributed by atoms with Gasteiger partial charge in [0.15, 0.2) is 0 Å². The quantitative estimate of drug-likeness (QED) is 0.817. The molecule has 1 fully saturated rings. The largest absolute Gasteiger partial charge is 0.497 e. The Morgan fingerprint density at radius 3 is 2.34 bits per heavy atom. The lowest BCUT2D eigenvalue weighted by Crippen LogP contribution is -2.50. The normalized spacial score (nSPS) is 15.2. The Balaban J connectivity index is 1.44. The molecule has 1 heterocycles. The fourth-order valence-corrected chi connectivity index (χ4v) is 3.55. The van der Waals surface area contributed by atoms with Gasteiger partial charge in [0.2, 0.25) is 0 Å². The van der Waals surface area contributed by atoms with Gasteiger partial charge in [0.1, 0.15) is 5.75 Å². The molecule has 0 spiro atoms. The van der Waals surface area contributed by atoms with Crippen LogP contribution in [-0.4, -0.2) is 55.7 Å². The van der Waals surface area contributed by atoms with Crippen LogP contribution in [0.4, 0.5) is 10.5 Å². The zero-order valence-corrected chi connectivity index (χ0v) is 18.1. The number of ether oxygens (including phenoxy) is 1. The van der Waals surface area contributed by atoms with Crippen LogP contribution >= 0.6 is 0 Å². The van der Waals surface area contributed by atoms with Crippen LogP contribution in [-0.2, 0) is 11.8 Å². The van der Waals surface area contributed by atoms with E-state index in [1.165, 1.54) is 11.1 Å². The zero-order chi connectivity index (χ0) is 20.9. The highest BCUT2D eigenvalue weighted by molar-refractivity contribution is 5.89. The van der Waals surface area contributed by atoms with E-state index in [-0.39, 0.29) is 11.4 Å². The van der Waals surface area contributed by atoms with E-state index < -0.39 is 0 Å². The summed E-state index contributed by atoms with van der Waals surface area (Å²) in [6, 6.07) is 16.4. The van der Waals surface area contributed by atoms with Gasteiger partial charge in [-0.3, -0.25) is 4.90 Å². The maximum Gasteiger partial charge on any atom is 0.321 e. The van der Waals surface area contributed by atoms with Gasteiger partial charge >= 0.3 is 6.03 Å². The molecule has 0 radical (unpaired) electrons. The van der Waals surface area contributed by atoms with E-state index in [1.54, 1.807) is 7.11 Å². The third-order valence-corrected chi connectivity index (χ3v) is 5.51. The van der Waals surface area contributed by atoms with Crippen molar-refractivity contribution in [3.63, 3.8) is 0 Å². The zero-order valence-electron chi connectivity index (χ0n) is 18.1. The first kappa shape index (κ1) is 21.2. The molecule has 0 saturated carbocycles. The van der Waals surface area contributed by atoms with Gasteiger partial charge < -0.3 is 15.0 Å². The maximum absolute atomic E-state index is 12.6. The summed E-state index contributed by atoms with van der Waals surface area (Å²) < 4.78 is 5.29. The molecule has 29 heavy (non-hydrogen) atoms. The minimum Gasteiger partial charge on any atom is -0.497 e. The molecule has 1 N–H and O–H groups in total. The van der Waals surface area contributed by atoms with E-state index >= 15 is 0 Å². The molecule has 1 saturated heterocycles. The fourth-order valence-electron chi connectivity index (χ4n) is 3.55. The number of piperazine rings is 1. The number of anilines is 1. The second-order valence-corrected chi connectivity index (χ2v) is 8.69. The molecule has 0 bridgehead atoms. The monoisotopic (exact) mass is 395 g/mol. The molecule has 2 aromatic rings. The minimum absolute atomic E-state index is 0.0130. The summed E-state index contributed by atoms with van der Waals surface area (Å²) in [6.45, 7) is 10.9. The van der Waals surface area contributed by atoms with E-state index in [0.717, 1.165) is 50.6 Å². The lowest BCUT2D eigenvalue weighted by molar-refractivity contribution is 0.148. The number of methoxy groups -OCH3 is 1. The number of urea groups is 1. The van der Waals surface area contributed by atoms with Gasteiger partial charge in [-0.25, -0.2) is 4.79 Å². The molecular formula is C24H33N3O2. The molecule has 0 unspecified atom stereocenters. The van der Waals surface area contributed by atoms with E-state index in [9.17, 15) is 4.79 Å². The van der Waals surface area contributed by atoms with Crippen LogP contribution in [0.25, 0.3) is 0 Å². The van der Waals surface area contributed by atoms with Crippen LogP contribution < -0.4 is 10.1 Å². The molecular weight excluding hydrogens is 362 g/mol. The summed E-state index contributed by atoms with van der Waals surface area (Å²) in [5.41, 5.74) is 3.51. The van der Waals surface area contributed by atoms with Gasteiger partial charge in [0.25, 0.3) is 0 Å². The molecule has 1 aliphatic rings. The standard InChI is InChI=1S/C24H33N3O2/c1-24(2,3)20-8-10-21(11-9-20)25-23(28)27-16-14-26(15-17-27)13-12-19-6-5-7-22(18-19)29-4/h5-11,18H,12-17H2,1-4H3,(H,25,28). The van der Waals surface area contributed by atoms with Crippen molar-refractivity contribution in [3.8, 4) is 5.75 Å². The van der Waals surface area contributed by atoms with E-state index in [0.29, 0.717) is 0 Å². The van der Waals surface area contributed by atoms with Crippen molar-refractivity contribution in [3.05, 3.63) is 59.7 Å². The van der Waals surface area contributed by atoms with Crippen molar-refractivity contribution >= 4 is 11.7 Å². The predicted molar refractivity (Wildman–Crippen MR) is 119 cm³/mol. The highest BCUT2D eigenvalue weighted by Gasteiger charge is 2.21. The summed E-state index contributed by atoms with van der Waals surface area (Å²) in [6.07, 6.45) is 0.990. The number of carbonyl (C=O) groups is 1.